The van der Waals surface area contributed by atoms with Gasteiger partial charge in [0, 0.05) is 55.5 Å². The van der Waals surface area contributed by atoms with Crippen molar-refractivity contribution in [3.05, 3.63) is 77.3 Å². The number of piperazine rings is 1. The number of aromatic nitrogens is 1. The molecule has 1 saturated heterocycles. The summed E-state index contributed by atoms with van der Waals surface area (Å²) >= 11 is 7.51. The molecule has 0 unspecified atom stereocenters. The Morgan fingerprint density at radius 2 is 1.74 bits per heavy atom. The number of anilines is 2. The van der Waals surface area contributed by atoms with Crippen LogP contribution in [-0.4, -0.2) is 70.6 Å². The zero-order valence-corrected chi connectivity index (χ0v) is 23.7. The Morgan fingerprint density at radius 3 is 2.44 bits per heavy atom. The zero-order valence-electron chi connectivity index (χ0n) is 21.3. The lowest BCUT2D eigenvalue weighted by Crippen LogP contribution is -2.48. The summed E-state index contributed by atoms with van der Waals surface area (Å²) in [4.78, 5) is 22.1. The van der Waals surface area contributed by atoms with E-state index in [0.717, 1.165) is 53.8 Å². The van der Waals surface area contributed by atoms with Gasteiger partial charge in [0.25, 0.3) is 15.9 Å². The first kappa shape index (κ1) is 27.2. The standard InChI is InChI=1S/C27H28ClN5O4S2/c1-37-22-8-11-24-25(18-22)38-27(30-24)33-16-14-32(15-17-33)13-12-29-26(34)19-2-6-21(7-3-19)31-39(35,36)23-9-4-20(28)5-10-23/h2-11,18,31H,12-17H2,1H3,(H,29,34). The SMILES string of the molecule is COc1ccc2nc(N3CCN(CCNC(=O)c4ccc(NS(=O)(=O)c5ccc(Cl)cc5)cc4)CC3)sc2c1. The van der Waals surface area contributed by atoms with Gasteiger partial charge < -0.3 is 15.0 Å². The number of rotatable bonds is 9. The Kier molecular flexibility index (Phi) is 8.22. The highest BCUT2D eigenvalue weighted by Crippen LogP contribution is 2.31. The van der Waals surface area contributed by atoms with Crippen LogP contribution in [0, 0.1) is 0 Å². The molecule has 1 aromatic heterocycles. The van der Waals surface area contributed by atoms with E-state index in [0.29, 0.717) is 22.8 Å². The molecule has 3 aromatic carbocycles. The largest absolute Gasteiger partial charge is 0.497 e. The number of benzene rings is 3. The normalized spacial score (nSPS) is 14.4. The van der Waals surface area contributed by atoms with E-state index in [9.17, 15) is 13.2 Å². The van der Waals surface area contributed by atoms with Gasteiger partial charge in [0.2, 0.25) is 0 Å². The number of sulfonamides is 1. The fourth-order valence-corrected chi connectivity index (χ4v) is 6.50. The second-order valence-electron chi connectivity index (χ2n) is 9.05. The van der Waals surface area contributed by atoms with Crippen molar-refractivity contribution in [3.8, 4) is 5.75 Å². The van der Waals surface area contributed by atoms with E-state index in [4.69, 9.17) is 21.3 Å². The van der Waals surface area contributed by atoms with Crippen LogP contribution in [0.4, 0.5) is 10.8 Å². The second-order valence-corrected chi connectivity index (χ2v) is 12.2. The van der Waals surface area contributed by atoms with E-state index in [1.165, 1.54) is 24.3 Å². The molecular formula is C27H28ClN5O4S2. The number of nitrogens with zero attached hydrogens (tertiary/aromatic N) is 3. The second kappa shape index (κ2) is 11.8. The summed E-state index contributed by atoms with van der Waals surface area (Å²) in [5.74, 6) is 0.630. The molecule has 0 radical (unpaired) electrons. The van der Waals surface area contributed by atoms with Crippen LogP contribution in [0.15, 0.2) is 71.6 Å². The van der Waals surface area contributed by atoms with Gasteiger partial charge in [0.1, 0.15) is 5.75 Å². The molecule has 1 amide bonds. The molecule has 204 valence electrons. The van der Waals surface area contributed by atoms with Gasteiger partial charge in [-0.3, -0.25) is 14.4 Å². The minimum atomic E-state index is -3.75. The van der Waals surface area contributed by atoms with Crippen LogP contribution >= 0.6 is 22.9 Å². The molecule has 0 bridgehead atoms. The molecule has 5 rings (SSSR count). The number of thiazole rings is 1. The van der Waals surface area contributed by atoms with E-state index < -0.39 is 10.0 Å². The molecule has 1 aliphatic heterocycles. The van der Waals surface area contributed by atoms with Crippen LogP contribution < -0.4 is 19.7 Å². The molecule has 2 N–H and O–H groups in total. The Balaban J connectivity index is 1.07. The van der Waals surface area contributed by atoms with Crippen LogP contribution in [-0.2, 0) is 10.0 Å². The highest BCUT2D eigenvalue weighted by molar-refractivity contribution is 7.92. The third-order valence-corrected chi connectivity index (χ3v) is 9.19. The topological polar surface area (TPSA) is 104 Å². The highest BCUT2D eigenvalue weighted by atomic mass is 35.5. The molecule has 4 aromatic rings. The van der Waals surface area contributed by atoms with Crippen LogP contribution in [0.2, 0.25) is 5.02 Å². The summed E-state index contributed by atoms with van der Waals surface area (Å²) in [5.41, 5.74) is 1.81. The van der Waals surface area contributed by atoms with Gasteiger partial charge in [-0.2, -0.15) is 0 Å². The van der Waals surface area contributed by atoms with E-state index >= 15 is 0 Å². The minimum Gasteiger partial charge on any atom is -0.497 e. The minimum absolute atomic E-state index is 0.107. The maximum absolute atomic E-state index is 12.6. The van der Waals surface area contributed by atoms with Gasteiger partial charge in [-0.1, -0.05) is 22.9 Å². The molecule has 1 aliphatic rings. The van der Waals surface area contributed by atoms with E-state index in [2.05, 4.69) is 19.8 Å². The number of carbonyl (C=O) groups excluding carboxylic acids is 1. The van der Waals surface area contributed by atoms with E-state index in [1.807, 2.05) is 18.2 Å². The molecule has 0 aliphatic carbocycles. The van der Waals surface area contributed by atoms with Crippen molar-refractivity contribution in [3.63, 3.8) is 0 Å². The number of halogens is 1. The number of nitrogens with one attached hydrogen (secondary N) is 2. The van der Waals surface area contributed by atoms with Gasteiger partial charge in [-0.15, -0.1) is 0 Å². The van der Waals surface area contributed by atoms with Gasteiger partial charge >= 0.3 is 0 Å². The summed E-state index contributed by atoms with van der Waals surface area (Å²) in [5, 5.41) is 4.42. The van der Waals surface area contributed by atoms with Crippen molar-refractivity contribution >= 4 is 59.9 Å². The lowest BCUT2D eigenvalue weighted by atomic mass is 10.2. The number of hydrogen-bond acceptors (Lipinski definition) is 8. The fraction of sp³-hybridized carbons (Fsp3) is 0.259. The molecular weight excluding hydrogens is 558 g/mol. The highest BCUT2D eigenvalue weighted by Gasteiger charge is 2.20. The average Bonchev–Trinajstić information content (AvgIpc) is 3.37. The smallest absolute Gasteiger partial charge is 0.261 e. The number of hydrogen-bond donors (Lipinski definition) is 2. The van der Waals surface area contributed by atoms with Crippen LogP contribution in [0.25, 0.3) is 10.2 Å². The van der Waals surface area contributed by atoms with Crippen LogP contribution in [0.3, 0.4) is 0 Å². The van der Waals surface area contributed by atoms with Crippen molar-refractivity contribution in [2.24, 2.45) is 0 Å². The molecule has 2 heterocycles. The van der Waals surface area contributed by atoms with Crippen LogP contribution in [0.1, 0.15) is 10.4 Å². The van der Waals surface area contributed by atoms with Gasteiger partial charge in [0.05, 0.1) is 22.2 Å². The zero-order chi connectivity index (χ0) is 27.4. The Bertz CT molecular complexity index is 1550. The Morgan fingerprint density at radius 1 is 1.03 bits per heavy atom. The first-order valence-electron chi connectivity index (χ1n) is 12.4. The first-order chi connectivity index (χ1) is 18.8. The molecule has 39 heavy (non-hydrogen) atoms. The van der Waals surface area contributed by atoms with Crippen molar-refractivity contribution in [2.45, 2.75) is 4.90 Å². The van der Waals surface area contributed by atoms with Gasteiger partial charge in [-0.25, -0.2) is 13.4 Å². The fourth-order valence-electron chi connectivity index (χ4n) is 4.26. The Hall–Kier alpha value is -3.38. The first-order valence-corrected chi connectivity index (χ1v) is 15.1. The Labute approximate surface area is 236 Å². The third-order valence-electron chi connectivity index (χ3n) is 6.46. The van der Waals surface area contributed by atoms with Crippen molar-refractivity contribution < 1.29 is 17.9 Å². The van der Waals surface area contributed by atoms with Crippen molar-refractivity contribution in [2.75, 3.05) is 56.0 Å². The molecule has 0 atom stereocenters. The summed E-state index contributed by atoms with van der Waals surface area (Å²) < 4.78 is 34.0. The number of fused-ring (bicyclic) bond motifs is 1. The van der Waals surface area contributed by atoms with Gasteiger partial charge in [0.15, 0.2) is 5.13 Å². The van der Waals surface area contributed by atoms with E-state index in [1.54, 1.807) is 42.7 Å². The lowest BCUT2D eigenvalue weighted by Gasteiger charge is -2.34. The van der Waals surface area contributed by atoms with Crippen molar-refractivity contribution in [1.82, 2.24) is 15.2 Å². The monoisotopic (exact) mass is 585 g/mol. The number of ether oxygens (including phenoxy) is 1. The number of carbonyl (C=O) groups is 1. The lowest BCUT2D eigenvalue weighted by molar-refractivity contribution is 0.0948. The van der Waals surface area contributed by atoms with Gasteiger partial charge in [-0.05, 0) is 66.7 Å². The summed E-state index contributed by atoms with van der Waals surface area (Å²) in [6.07, 6.45) is 0. The molecule has 0 spiro atoms. The quantitative estimate of drug-likeness (QED) is 0.302. The van der Waals surface area contributed by atoms with E-state index in [-0.39, 0.29) is 10.8 Å². The third kappa shape index (κ3) is 6.62. The maximum atomic E-state index is 12.6. The van der Waals surface area contributed by atoms with Crippen molar-refractivity contribution in [1.29, 1.82) is 0 Å². The summed E-state index contributed by atoms with van der Waals surface area (Å²) in [6, 6.07) is 18.2. The average molecular weight is 586 g/mol. The summed E-state index contributed by atoms with van der Waals surface area (Å²) in [6.45, 7) is 4.78. The molecule has 1 fully saturated rings. The summed E-state index contributed by atoms with van der Waals surface area (Å²) in [7, 11) is -2.08. The molecule has 0 saturated carbocycles. The number of amides is 1. The number of methoxy groups -OCH3 is 1. The predicted octanol–water partition coefficient (Wildman–Crippen LogP) is 4.31. The van der Waals surface area contributed by atoms with Crippen LogP contribution in [0.5, 0.6) is 5.75 Å². The maximum Gasteiger partial charge on any atom is 0.261 e. The molecule has 9 nitrogen and oxygen atoms in total. The predicted molar refractivity (Wildman–Crippen MR) is 156 cm³/mol. The molecule has 12 heteroatoms.